The van der Waals surface area contributed by atoms with E-state index >= 15 is 0 Å². The Morgan fingerprint density at radius 2 is 1.94 bits per heavy atom. The first-order chi connectivity index (χ1) is 7.53. The molecule has 1 heterocycles. The number of carbonyl (C=O) groups excluding carboxylic acids is 1. The molecule has 16 heavy (non-hydrogen) atoms. The average molecular weight is 239 g/mol. The molecule has 5 heteroatoms. The van der Waals surface area contributed by atoms with Crippen LogP contribution >= 0.6 is 0 Å². The highest BCUT2D eigenvalue weighted by atomic mass is 32.2. The smallest absolute Gasteiger partial charge is 0.235 e. The number of anilines is 1. The Morgan fingerprint density at radius 1 is 1.31 bits per heavy atom. The van der Waals surface area contributed by atoms with Crippen LogP contribution in [-0.2, 0) is 10.0 Å². The molecule has 0 bridgehead atoms. The molecule has 2 rings (SSSR count). The van der Waals surface area contributed by atoms with E-state index in [1.54, 1.807) is 24.3 Å². The SMILES string of the molecule is CC1CN(c2ccc(C=O)cc2)S(=O)(=O)C1. The zero-order chi connectivity index (χ0) is 11.8. The third-order valence-electron chi connectivity index (χ3n) is 2.63. The van der Waals surface area contributed by atoms with Gasteiger partial charge >= 0.3 is 0 Å². The van der Waals surface area contributed by atoms with Gasteiger partial charge in [0.2, 0.25) is 10.0 Å². The Morgan fingerprint density at radius 3 is 2.38 bits per heavy atom. The molecule has 1 unspecified atom stereocenters. The second-order valence-corrected chi connectivity index (χ2v) is 6.06. The van der Waals surface area contributed by atoms with Crippen LogP contribution in [0.3, 0.4) is 0 Å². The fourth-order valence-electron chi connectivity index (χ4n) is 1.88. The largest absolute Gasteiger partial charge is 0.298 e. The van der Waals surface area contributed by atoms with E-state index in [4.69, 9.17) is 0 Å². The van der Waals surface area contributed by atoms with Crippen LogP contribution in [0.25, 0.3) is 0 Å². The Hall–Kier alpha value is -1.36. The molecule has 0 radical (unpaired) electrons. The Labute approximate surface area is 94.9 Å². The van der Waals surface area contributed by atoms with Crippen LogP contribution < -0.4 is 4.31 Å². The zero-order valence-electron chi connectivity index (χ0n) is 8.96. The number of benzene rings is 1. The van der Waals surface area contributed by atoms with Gasteiger partial charge in [0, 0.05) is 12.1 Å². The van der Waals surface area contributed by atoms with Crippen LogP contribution in [0.15, 0.2) is 24.3 Å². The molecule has 0 amide bonds. The second kappa shape index (κ2) is 3.90. The van der Waals surface area contributed by atoms with Crippen molar-refractivity contribution >= 4 is 22.0 Å². The lowest BCUT2D eigenvalue weighted by Gasteiger charge is -2.16. The molecule has 0 saturated carbocycles. The van der Waals surface area contributed by atoms with Crippen molar-refractivity contribution in [3.63, 3.8) is 0 Å². The van der Waals surface area contributed by atoms with Gasteiger partial charge in [0.05, 0.1) is 11.4 Å². The van der Waals surface area contributed by atoms with Crippen molar-refractivity contribution in [2.45, 2.75) is 6.92 Å². The lowest BCUT2D eigenvalue weighted by molar-refractivity contribution is 0.112. The molecular weight excluding hydrogens is 226 g/mol. The maximum Gasteiger partial charge on any atom is 0.235 e. The quantitative estimate of drug-likeness (QED) is 0.731. The van der Waals surface area contributed by atoms with Crippen molar-refractivity contribution in [1.82, 2.24) is 0 Å². The number of hydrogen-bond donors (Lipinski definition) is 0. The van der Waals surface area contributed by atoms with Crippen LogP contribution in [0.2, 0.25) is 0 Å². The standard InChI is InChI=1S/C11H13NO3S/c1-9-6-12(16(14,15)8-9)11-4-2-10(7-13)3-5-11/h2-5,7,9H,6,8H2,1H3. The molecule has 1 saturated heterocycles. The van der Waals surface area contributed by atoms with E-state index < -0.39 is 10.0 Å². The van der Waals surface area contributed by atoms with E-state index in [-0.39, 0.29) is 11.7 Å². The normalized spacial score (nSPS) is 23.3. The summed E-state index contributed by atoms with van der Waals surface area (Å²) in [6, 6.07) is 6.58. The molecule has 0 aromatic heterocycles. The molecule has 1 fully saturated rings. The molecule has 1 aromatic carbocycles. The fourth-order valence-corrected chi connectivity index (χ4v) is 3.81. The molecule has 1 aliphatic heterocycles. The van der Waals surface area contributed by atoms with Crippen molar-refractivity contribution in [3.8, 4) is 0 Å². The maximum atomic E-state index is 11.8. The van der Waals surface area contributed by atoms with E-state index in [1.165, 1.54) is 4.31 Å². The van der Waals surface area contributed by atoms with Gasteiger partial charge in [0.25, 0.3) is 0 Å². The number of rotatable bonds is 2. The van der Waals surface area contributed by atoms with Crippen molar-refractivity contribution in [1.29, 1.82) is 0 Å². The third-order valence-corrected chi connectivity index (χ3v) is 4.65. The summed E-state index contributed by atoms with van der Waals surface area (Å²) in [5.74, 6) is 0.346. The molecule has 1 aromatic rings. The maximum absolute atomic E-state index is 11.8. The van der Waals surface area contributed by atoms with Crippen molar-refractivity contribution in [2.75, 3.05) is 16.6 Å². The zero-order valence-corrected chi connectivity index (χ0v) is 9.78. The molecule has 0 spiro atoms. The first-order valence-electron chi connectivity index (χ1n) is 5.08. The highest BCUT2D eigenvalue weighted by Crippen LogP contribution is 2.26. The molecule has 86 valence electrons. The van der Waals surface area contributed by atoms with Crippen LogP contribution in [0.1, 0.15) is 17.3 Å². The van der Waals surface area contributed by atoms with E-state index in [2.05, 4.69) is 0 Å². The lowest BCUT2D eigenvalue weighted by atomic mass is 10.2. The van der Waals surface area contributed by atoms with E-state index in [0.717, 1.165) is 6.29 Å². The summed E-state index contributed by atoms with van der Waals surface area (Å²) in [5, 5.41) is 0. The summed E-state index contributed by atoms with van der Waals surface area (Å²) in [4.78, 5) is 10.5. The van der Waals surface area contributed by atoms with E-state index in [0.29, 0.717) is 17.8 Å². The summed E-state index contributed by atoms with van der Waals surface area (Å²) in [5.41, 5.74) is 1.18. The molecule has 1 atom stereocenters. The summed E-state index contributed by atoms with van der Waals surface area (Å²) in [6.45, 7) is 2.43. The molecule has 0 aliphatic carbocycles. The van der Waals surface area contributed by atoms with Gasteiger partial charge in [0.15, 0.2) is 0 Å². The molecule has 4 nitrogen and oxygen atoms in total. The number of sulfonamides is 1. The highest BCUT2D eigenvalue weighted by molar-refractivity contribution is 7.93. The fraction of sp³-hybridized carbons (Fsp3) is 0.364. The van der Waals surface area contributed by atoms with Gasteiger partial charge in [0.1, 0.15) is 6.29 Å². The first kappa shape index (κ1) is 11.1. The first-order valence-corrected chi connectivity index (χ1v) is 6.69. The van der Waals surface area contributed by atoms with Crippen molar-refractivity contribution in [2.24, 2.45) is 5.92 Å². The summed E-state index contributed by atoms with van der Waals surface area (Å²) < 4.78 is 25.0. The Bertz CT molecular complexity index is 492. The lowest BCUT2D eigenvalue weighted by Crippen LogP contribution is -2.25. The van der Waals surface area contributed by atoms with E-state index in [9.17, 15) is 13.2 Å². The number of aldehydes is 1. The molecular formula is C11H13NO3S. The topological polar surface area (TPSA) is 54.5 Å². The van der Waals surface area contributed by atoms with Gasteiger partial charge in [-0.1, -0.05) is 6.92 Å². The predicted molar refractivity (Wildman–Crippen MR) is 62.1 cm³/mol. The summed E-state index contributed by atoms with van der Waals surface area (Å²) in [6.07, 6.45) is 0.741. The van der Waals surface area contributed by atoms with Crippen molar-refractivity contribution in [3.05, 3.63) is 29.8 Å². The Balaban J connectivity index is 2.34. The number of carbonyl (C=O) groups is 1. The van der Waals surface area contributed by atoms with Gasteiger partial charge in [-0.15, -0.1) is 0 Å². The van der Waals surface area contributed by atoms with Crippen molar-refractivity contribution < 1.29 is 13.2 Å². The van der Waals surface area contributed by atoms with Gasteiger partial charge in [-0.3, -0.25) is 9.10 Å². The predicted octanol–water partition coefficient (Wildman–Crippen LogP) is 1.29. The number of hydrogen-bond acceptors (Lipinski definition) is 3. The number of nitrogens with zero attached hydrogens (tertiary/aromatic N) is 1. The second-order valence-electron chi connectivity index (χ2n) is 4.12. The van der Waals surface area contributed by atoms with Gasteiger partial charge < -0.3 is 0 Å². The van der Waals surface area contributed by atoms with Gasteiger partial charge in [-0.25, -0.2) is 8.42 Å². The summed E-state index contributed by atoms with van der Waals surface area (Å²) in [7, 11) is -3.16. The third kappa shape index (κ3) is 1.95. The van der Waals surface area contributed by atoms with Crippen LogP contribution in [0, 0.1) is 5.92 Å². The average Bonchev–Trinajstić information content (AvgIpc) is 2.52. The molecule has 0 N–H and O–H groups in total. The van der Waals surface area contributed by atoms with Gasteiger partial charge in [-0.05, 0) is 30.2 Å². The molecule has 1 aliphatic rings. The van der Waals surface area contributed by atoms with Crippen LogP contribution in [-0.4, -0.2) is 27.0 Å². The minimum Gasteiger partial charge on any atom is -0.298 e. The summed E-state index contributed by atoms with van der Waals surface area (Å²) >= 11 is 0. The minimum atomic E-state index is -3.16. The van der Waals surface area contributed by atoms with Gasteiger partial charge in [-0.2, -0.15) is 0 Å². The highest BCUT2D eigenvalue weighted by Gasteiger charge is 2.33. The van der Waals surface area contributed by atoms with E-state index in [1.807, 2.05) is 6.92 Å². The van der Waals surface area contributed by atoms with Crippen LogP contribution in [0.4, 0.5) is 5.69 Å². The minimum absolute atomic E-state index is 0.149. The monoisotopic (exact) mass is 239 g/mol. The Kier molecular flexibility index (Phi) is 2.71. The van der Waals surface area contributed by atoms with Crippen LogP contribution in [0.5, 0.6) is 0 Å².